The van der Waals surface area contributed by atoms with Crippen LogP contribution in [0.4, 0.5) is 0 Å². The lowest BCUT2D eigenvalue weighted by Gasteiger charge is -2.14. The van der Waals surface area contributed by atoms with Gasteiger partial charge in [0.2, 0.25) is 0 Å². The lowest BCUT2D eigenvalue weighted by Crippen LogP contribution is -2.15. The molecule has 1 N–H and O–H groups in total. The normalized spacial score (nSPS) is 20.7. The first-order chi connectivity index (χ1) is 7.16. The number of rotatable bonds is 3. The molecule has 0 bridgehead atoms. The van der Waals surface area contributed by atoms with Crippen LogP contribution in [0.2, 0.25) is 0 Å². The molecular weight excluding hydrogens is 208 g/mol. The minimum atomic E-state index is -0.307. The second-order valence-electron chi connectivity index (χ2n) is 4.38. The molecule has 15 heavy (non-hydrogen) atoms. The van der Waals surface area contributed by atoms with Crippen LogP contribution >= 0.6 is 11.3 Å². The smallest absolute Gasteiger partial charge is 0.0971 e. The monoisotopic (exact) mass is 226 g/mol. The molecule has 0 saturated carbocycles. The molecule has 0 saturated heterocycles. The third-order valence-electron chi connectivity index (χ3n) is 2.74. The number of hydrogen-bond donors (Lipinski definition) is 1. The van der Waals surface area contributed by atoms with Crippen LogP contribution in [0.1, 0.15) is 34.5 Å². The summed E-state index contributed by atoms with van der Waals surface area (Å²) < 4.78 is 0. The van der Waals surface area contributed by atoms with Crippen LogP contribution < -0.4 is 0 Å². The molecule has 2 rings (SSSR count). The van der Waals surface area contributed by atoms with Crippen molar-refractivity contribution in [2.75, 3.05) is 20.6 Å². The van der Waals surface area contributed by atoms with E-state index < -0.39 is 0 Å². The van der Waals surface area contributed by atoms with Crippen LogP contribution in [-0.4, -0.2) is 35.6 Å². The molecule has 0 spiro atoms. The molecule has 1 unspecified atom stereocenters. The van der Waals surface area contributed by atoms with Crippen LogP contribution in [-0.2, 0) is 12.8 Å². The number of nitrogens with zero attached hydrogens (tertiary/aromatic N) is 2. The fraction of sp³-hybridized carbons (Fsp3) is 0.727. The Bertz CT molecular complexity index is 335. The Morgan fingerprint density at radius 2 is 2.33 bits per heavy atom. The van der Waals surface area contributed by atoms with Gasteiger partial charge in [-0.2, -0.15) is 0 Å². The number of thiazole rings is 1. The molecule has 0 aliphatic heterocycles. The molecule has 1 aliphatic rings. The van der Waals surface area contributed by atoms with Gasteiger partial charge in [0.15, 0.2) is 0 Å². The van der Waals surface area contributed by atoms with Gasteiger partial charge in [-0.05, 0) is 33.4 Å². The zero-order valence-corrected chi connectivity index (χ0v) is 10.2. The molecule has 0 aromatic carbocycles. The van der Waals surface area contributed by atoms with Gasteiger partial charge in [-0.25, -0.2) is 4.98 Å². The first-order valence-corrected chi connectivity index (χ1v) is 6.29. The van der Waals surface area contributed by atoms with Crippen molar-refractivity contribution in [1.29, 1.82) is 0 Å². The highest BCUT2D eigenvalue weighted by molar-refractivity contribution is 7.11. The van der Waals surface area contributed by atoms with E-state index in [0.29, 0.717) is 0 Å². The maximum absolute atomic E-state index is 9.79. The topological polar surface area (TPSA) is 36.4 Å². The summed E-state index contributed by atoms with van der Waals surface area (Å²) in [7, 11) is 4.14. The van der Waals surface area contributed by atoms with Gasteiger partial charge in [-0.15, -0.1) is 11.3 Å². The predicted octanol–water partition coefficient (Wildman–Crippen LogP) is 1.62. The molecule has 84 valence electrons. The highest BCUT2D eigenvalue weighted by Gasteiger charge is 2.22. The van der Waals surface area contributed by atoms with Crippen molar-refractivity contribution in [2.45, 2.75) is 31.8 Å². The first kappa shape index (κ1) is 11.0. The van der Waals surface area contributed by atoms with E-state index in [-0.39, 0.29) is 6.10 Å². The van der Waals surface area contributed by atoms with Crippen molar-refractivity contribution in [1.82, 2.24) is 9.88 Å². The second-order valence-corrected chi connectivity index (χ2v) is 5.55. The molecule has 0 radical (unpaired) electrons. The molecule has 1 aromatic rings. The molecule has 1 atom stereocenters. The summed E-state index contributed by atoms with van der Waals surface area (Å²) in [6.45, 7) is 1.03. The maximum Gasteiger partial charge on any atom is 0.0971 e. The van der Waals surface area contributed by atoms with Crippen LogP contribution in [0.15, 0.2) is 0 Å². The molecule has 0 fully saturated rings. The Morgan fingerprint density at radius 1 is 1.53 bits per heavy atom. The number of aromatic nitrogens is 1. The molecule has 0 amide bonds. The summed E-state index contributed by atoms with van der Waals surface area (Å²) in [5.74, 6) is 0. The minimum Gasteiger partial charge on any atom is -0.387 e. The van der Waals surface area contributed by atoms with Crippen LogP contribution in [0.5, 0.6) is 0 Å². The number of hydrogen-bond acceptors (Lipinski definition) is 4. The highest BCUT2D eigenvalue weighted by Crippen LogP contribution is 2.33. The maximum atomic E-state index is 9.79. The van der Waals surface area contributed by atoms with Crippen LogP contribution in [0.3, 0.4) is 0 Å². The molecule has 1 heterocycles. The largest absolute Gasteiger partial charge is 0.387 e. The quantitative estimate of drug-likeness (QED) is 0.851. The first-order valence-electron chi connectivity index (χ1n) is 5.48. The summed E-state index contributed by atoms with van der Waals surface area (Å²) in [6.07, 6.45) is 3.77. The van der Waals surface area contributed by atoms with Gasteiger partial charge in [0.25, 0.3) is 0 Å². The van der Waals surface area contributed by atoms with E-state index in [9.17, 15) is 5.11 Å². The fourth-order valence-electron chi connectivity index (χ4n) is 1.87. The average molecular weight is 226 g/mol. The number of aliphatic hydroxyl groups excluding tert-OH is 1. The van der Waals surface area contributed by atoms with Crippen LogP contribution in [0, 0.1) is 0 Å². The Hall–Kier alpha value is -0.450. The summed E-state index contributed by atoms with van der Waals surface area (Å²) in [5.41, 5.74) is 0.958. The van der Waals surface area contributed by atoms with Crippen molar-refractivity contribution in [2.24, 2.45) is 0 Å². The average Bonchev–Trinajstić information content (AvgIpc) is 2.59. The Kier molecular flexibility index (Phi) is 3.38. The van der Waals surface area contributed by atoms with Crippen molar-refractivity contribution < 1.29 is 5.11 Å². The minimum absolute atomic E-state index is 0.307. The van der Waals surface area contributed by atoms with E-state index in [1.807, 2.05) is 0 Å². The summed E-state index contributed by atoms with van der Waals surface area (Å²) >= 11 is 1.78. The SMILES string of the molecule is CN(C)CCc1nc2c(s1)CCCC2O. The van der Waals surface area contributed by atoms with Crippen molar-refractivity contribution in [3.63, 3.8) is 0 Å². The van der Waals surface area contributed by atoms with Crippen molar-refractivity contribution in [3.05, 3.63) is 15.6 Å². The van der Waals surface area contributed by atoms with E-state index in [1.54, 1.807) is 11.3 Å². The second kappa shape index (κ2) is 4.60. The van der Waals surface area contributed by atoms with Gasteiger partial charge in [-0.3, -0.25) is 0 Å². The van der Waals surface area contributed by atoms with Crippen molar-refractivity contribution in [3.8, 4) is 0 Å². The lowest BCUT2D eigenvalue weighted by atomic mass is 10.0. The van der Waals surface area contributed by atoms with E-state index in [2.05, 4.69) is 24.0 Å². The van der Waals surface area contributed by atoms with Gasteiger partial charge >= 0.3 is 0 Å². The van der Waals surface area contributed by atoms with Gasteiger partial charge in [-0.1, -0.05) is 0 Å². The number of aryl methyl sites for hydroxylation is 1. The molecular formula is C11H18N2OS. The molecule has 1 aliphatic carbocycles. The fourth-order valence-corrected chi connectivity index (χ4v) is 3.03. The third kappa shape index (κ3) is 2.56. The highest BCUT2D eigenvalue weighted by atomic mass is 32.1. The lowest BCUT2D eigenvalue weighted by molar-refractivity contribution is 0.153. The summed E-state index contributed by atoms with van der Waals surface area (Å²) in [6, 6.07) is 0. The Balaban J connectivity index is 2.08. The van der Waals surface area contributed by atoms with Crippen molar-refractivity contribution >= 4 is 11.3 Å². The summed E-state index contributed by atoms with van der Waals surface area (Å²) in [5, 5.41) is 11.0. The molecule has 3 nitrogen and oxygen atoms in total. The van der Waals surface area contributed by atoms with Gasteiger partial charge < -0.3 is 10.0 Å². The zero-order chi connectivity index (χ0) is 10.8. The van der Waals surface area contributed by atoms with Gasteiger partial charge in [0.05, 0.1) is 16.8 Å². The van der Waals surface area contributed by atoms with E-state index in [4.69, 9.17) is 0 Å². The zero-order valence-electron chi connectivity index (χ0n) is 9.36. The number of aliphatic hydroxyl groups is 1. The number of likely N-dealkylation sites (N-methyl/N-ethyl adjacent to an activating group) is 1. The molecule has 4 heteroatoms. The standard InChI is InChI=1S/C11H18N2OS/c1-13(2)7-6-10-12-11-8(14)4-3-5-9(11)15-10/h8,14H,3-7H2,1-2H3. The predicted molar refractivity (Wildman–Crippen MR) is 62.3 cm³/mol. The van der Waals surface area contributed by atoms with E-state index in [0.717, 1.165) is 37.9 Å². The van der Waals surface area contributed by atoms with Crippen LogP contribution in [0.25, 0.3) is 0 Å². The summed E-state index contributed by atoms with van der Waals surface area (Å²) in [4.78, 5) is 8.02. The van der Waals surface area contributed by atoms with E-state index >= 15 is 0 Å². The van der Waals surface area contributed by atoms with E-state index in [1.165, 1.54) is 9.88 Å². The van der Waals surface area contributed by atoms with Gasteiger partial charge in [0.1, 0.15) is 0 Å². The third-order valence-corrected chi connectivity index (χ3v) is 3.93. The Labute approximate surface area is 94.8 Å². The Morgan fingerprint density at radius 3 is 3.00 bits per heavy atom. The molecule has 1 aromatic heterocycles. The number of fused-ring (bicyclic) bond motifs is 1. The van der Waals surface area contributed by atoms with Gasteiger partial charge in [0, 0.05) is 17.8 Å².